The fraction of sp³-hybridized carbons (Fsp3) is 0.583. The molecule has 7 nitrogen and oxygen atoms in total. The Hall–Kier alpha value is -2.70. The number of likely N-dealkylation sites (tertiary alicyclic amines) is 1. The van der Waals surface area contributed by atoms with E-state index >= 15 is 0 Å². The van der Waals surface area contributed by atoms with Crippen LogP contribution in [0.25, 0.3) is 0 Å². The van der Waals surface area contributed by atoms with Gasteiger partial charge in [-0.25, -0.2) is 0 Å². The maximum absolute atomic E-state index is 12.4. The summed E-state index contributed by atoms with van der Waals surface area (Å²) in [5.41, 5.74) is 2.40. The Kier molecular flexibility index (Phi) is 7.82. The molecule has 168 valence electrons. The zero-order chi connectivity index (χ0) is 22.4. The molecule has 0 unspecified atom stereocenters. The molecule has 0 bridgehead atoms. The standard InChI is InChI=1S/C24H32N2O5/c1-16(2)18-9-7-17(8-10-18)11-13-25-21(27)15-31-22(28)12-14-26-23(29)19-5-3-4-6-20(19)24(26)30/h7-10,16,19-20H,3-6,11-15H2,1-2H3,(H,25,27)/t19-,20-/m0/s1. The average molecular weight is 429 g/mol. The average Bonchev–Trinajstić information content (AvgIpc) is 3.01. The van der Waals surface area contributed by atoms with Crippen LogP contribution in [0.3, 0.4) is 0 Å². The predicted octanol–water partition coefficient (Wildman–Crippen LogP) is 2.58. The van der Waals surface area contributed by atoms with E-state index in [1.165, 1.54) is 10.5 Å². The summed E-state index contributed by atoms with van der Waals surface area (Å²) >= 11 is 0. The molecule has 1 saturated carbocycles. The van der Waals surface area contributed by atoms with Crippen LogP contribution in [0, 0.1) is 11.8 Å². The van der Waals surface area contributed by atoms with Crippen molar-refractivity contribution < 1.29 is 23.9 Å². The first-order valence-corrected chi connectivity index (χ1v) is 11.2. The number of rotatable bonds is 9. The molecule has 1 aliphatic heterocycles. The minimum atomic E-state index is -0.588. The van der Waals surface area contributed by atoms with Gasteiger partial charge in [-0.3, -0.25) is 24.1 Å². The van der Waals surface area contributed by atoms with Gasteiger partial charge in [-0.1, -0.05) is 51.0 Å². The molecular formula is C24H32N2O5. The minimum Gasteiger partial charge on any atom is -0.456 e. The van der Waals surface area contributed by atoms with Crippen molar-refractivity contribution in [2.24, 2.45) is 11.8 Å². The Labute approximate surface area is 183 Å². The summed E-state index contributed by atoms with van der Waals surface area (Å²) in [7, 11) is 0. The van der Waals surface area contributed by atoms with Crippen LogP contribution < -0.4 is 5.32 Å². The lowest BCUT2D eigenvalue weighted by Crippen LogP contribution is -2.34. The molecule has 0 aromatic heterocycles. The number of fused-ring (bicyclic) bond motifs is 1. The SMILES string of the molecule is CC(C)c1ccc(CCNC(=O)COC(=O)CCN2C(=O)[C@H]3CCCC[C@@H]3C2=O)cc1. The number of carbonyl (C=O) groups is 4. The number of carbonyl (C=O) groups excluding carboxylic acids is 4. The van der Waals surface area contributed by atoms with Gasteiger partial charge in [0.25, 0.3) is 5.91 Å². The second-order valence-corrected chi connectivity index (χ2v) is 8.73. The first-order chi connectivity index (χ1) is 14.9. The molecule has 7 heteroatoms. The van der Waals surface area contributed by atoms with Crippen LogP contribution in [0.1, 0.15) is 63.0 Å². The van der Waals surface area contributed by atoms with E-state index in [1.807, 2.05) is 0 Å². The first-order valence-electron chi connectivity index (χ1n) is 11.2. The van der Waals surface area contributed by atoms with Gasteiger partial charge in [0.15, 0.2) is 6.61 Å². The highest BCUT2D eigenvalue weighted by Gasteiger charge is 2.47. The summed E-state index contributed by atoms with van der Waals surface area (Å²) in [6.45, 7) is 4.40. The summed E-state index contributed by atoms with van der Waals surface area (Å²) in [5, 5.41) is 2.73. The lowest BCUT2D eigenvalue weighted by molar-refractivity contribution is -0.149. The van der Waals surface area contributed by atoms with Gasteiger partial charge in [0, 0.05) is 13.1 Å². The summed E-state index contributed by atoms with van der Waals surface area (Å²) in [4.78, 5) is 49.9. The van der Waals surface area contributed by atoms with Gasteiger partial charge in [0.2, 0.25) is 11.8 Å². The Balaban J connectivity index is 1.32. The number of hydrogen-bond donors (Lipinski definition) is 1. The van der Waals surface area contributed by atoms with Crippen LogP contribution in [0.2, 0.25) is 0 Å². The van der Waals surface area contributed by atoms with Crippen molar-refractivity contribution in [3.05, 3.63) is 35.4 Å². The number of ether oxygens (including phenoxy) is 1. The van der Waals surface area contributed by atoms with E-state index in [-0.39, 0.29) is 49.1 Å². The van der Waals surface area contributed by atoms with Crippen molar-refractivity contribution in [2.45, 2.75) is 58.3 Å². The summed E-state index contributed by atoms with van der Waals surface area (Å²) in [5.74, 6) is -1.24. The van der Waals surface area contributed by atoms with Crippen LogP contribution in [-0.4, -0.2) is 48.3 Å². The van der Waals surface area contributed by atoms with Gasteiger partial charge in [-0.2, -0.15) is 0 Å². The van der Waals surface area contributed by atoms with Gasteiger partial charge in [0.1, 0.15) is 0 Å². The molecule has 3 rings (SSSR count). The van der Waals surface area contributed by atoms with Crippen LogP contribution in [-0.2, 0) is 30.3 Å². The van der Waals surface area contributed by atoms with E-state index in [1.54, 1.807) is 0 Å². The lowest BCUT2D eigenvalue weighted by Gasteiger charge is -2.19. The Morgan fingerprint density at radius 1 is 1.06 bits per heavy atom. The van der Waals surface area contributed by atoms with Gasteiger partial charge < -0.3 is 10.1 Å². The van der Waals surface area contributed by atoms with Crippen LogP contribution >= 0.6 is 0 Å². The van der Waals surface area contributed by atoms with Crippen molar-refractivity contribution in [3.63, 3.8) is 0 Å². The minimum absolute atomic E-state index is 0.0253. The fourth-order valence-corrected chi connectivity index (χ4v) is 4.34. The number of hydrogen-bond acceptors (Lipinski definition) is 5. The van der Waals surface area contributed by atoms with E-state index in [2.05, 4.69) is 43.4 Å². The van der Waals surface area contributed by atoms with E-state index in [4.69, 9.17) is 4.74 Å². The molecule has 1 aliphatic carbocycles. The normalized spacial score (nSPS) is 20.7. The highest BCUT2D eigenvalue weighted by atomic mass is 16.5. The first kappa shape index (κ1) is 23.0. The topological polar surface area (TPSA) is 92.8 Å². The van der Waals surface area contributed by atoms with E-state index < -0.39 is 5.97 Å². The highest BCUT2D eigenvalue weighted by molar-refractivity contribution is 6.05. The Morgan fingerprint density at radius 2 is 1.68 bits per heavy atom. The van der Waals surface area contributed by atoms with Gasteiger partial charge in [-0.15, -0.1) is 0 Å². The molecule has 2 aliphatic rings. The van der Waals surface area contributed by atoms with Crippen molar-refractivity contribution in [2.75, 3.05) is 19.7 Å². The number of nitrogens with one attached hydrogen (secondary N) is 1. The zero-order valence-electron chi connectivity index (χ0n) is 18.4. The number of nitrogens with zero attached hydrogens (tertiary/aromatic N) is 1. The molecule has 31 heavy (non-hydrogen) atoms. The number of benzene rings is 1. The van der Waals surface area contributed by atoms with Gasteiger partial charge >= 0.3 is 5.97 Å². The quantitative estimate of drug-likeness (QED) is 0.482. The Morgan fingerprint density at radius 3 is 2.26 bits per heavy atom. The van der Waals surface area contributed by atoms with Crippen molar-refractivity contribution in [1.82, 2.24) is 10.2 Å². The molecule has 0 spiro atoms. The van der Waals surface area contributed by atoms with Crippen molar-refractivity contribution in [3.8, 4) is 0 Å². The largest absolute Gasteiger partial charge is 0.456 e. The fourth-order valence-electron chi connectivity index (χ4n) is 4.34. The molecule has 0 radical (unpaired) electrons. The monoisotopic (exact) mass is 428 g/mol. The molecule has 1 N–H and O–H groups in total. The number of amides is 3. The molecule has 1 heterocycles. The van der Waals surface area contributed by atoms with Crippen LogP contribution in [0.15, 0.2) is 24.3 Å². The molecule has 2 fully saturated rings. The maximum Gasteiger partial charge on any atom is 0.308 e. The van der Waals surface area contributed by atoms with Crippen molar-refractivity contribution >= 4 is 23.7 Å². The van der Waals surface area contributed by atoms with E-state index in [0.29, 0.717) is 18.9 Å². The summed E-state index contributed by atoms with van der Waals surface area (Å²) in [6, 6.07) is 8.29. The second kappa shape index (κ2) is 10.6. The van der Waals surface area contributed by atoms with E-state index in [0.717, 1.165) is 31.2 Å². The summed E-state index contributed by atoms with van der Waals surface area (Å²) in [6.07, 6.45) is 4.03. The lowest BCUT2D eigenvalue weighted by atomic mass is 9.81. The molecule has 3 amide bonds. The molecule has 1 aromatic rings. The molecular weight excluding hydrogens is 396 g/mol. The predicted molar refractivity (Wildman–Crippen MR) is 115 cm³/mol. The molecule has 1 aromatic carbocycles. The zero-order valence-corrected chi connectivity index (χ0v) is 18.4. The smallest absolute Gasteiger partial charge is 0.308 e. The van der Waals surface area contributed by atoms with Crippen molar-refractivity contribution in [1.29, 1.82) is 0 Å². The van der Waals surface area contributed by atoms with Crippen LogP contribution in [0.4, 0.5) is 0 Å². The Bertz CT molecular complexity index is 794. The third-order valence-corrected chi connectivity index (χ3v) is 6.22. The molecule has 1 saturated heterocycles. The number of esters is 1. The second-order valence-electron chi connectivity index (χ2n) is 8.73. The van der Waals surface area contributed by atoms with Crippen LogP contribution in [0.5, 0.6) is 0 Å². The van der Waals surface area contributed by atoms with Gasteiger partial charge in [0.05, 0.1) is 18.3 Å². The van der Waals surface area contributed by atoms with Gasteiger partial charge in [-0.05, 0) is 36.3 Å². The number of imide groups is 1. The maximum atomic E-state index is 12.4. The highest BCUT2D eigenvalue weighted by Crippen LogP contribution is 2.37. The summed E-state index contributed by atoms with van der Waals surface area (Å²) < 4.78 is 5.00. The third kappa shape index (κ3) is 5.93. The third-order valence-electron chi connectivity index (χ3n) is 6.22. The molecule has 2 atom stereocenters. The van der Waals surface area contributed by atoms with E-state index in [9.17, 15) is 19.2 Å².